The molecule has 0 aliphatic heterocycles. The van der Waals surface area contributed by atoms with Crippen molar-refractivity contribution in [3.63, 3.8) is 0 Å². The Morgan fingerprint density at radius 1 is 1.25 bits per heavy atom. The van der Waals surface area contributed by atoms with Crippen LogP contribution in [0.5, 0.6) is 0 Å². The summed E-state index contributed by atoms with van der Waals surface area (Å²) in [6, 6.07) is 2.01. The average molecular weight is 275 g/mol. The van der Waals surface area contributed by atoms with E-state index in [0.29, 0.717) is 11.5 Å². The van der Waals surface area contributed by atoms with Crippen molar-refractivity contribution in [1.29, 1.82) is 0 Å². The van der Waals surface area contributed by atoms with Gasteiger partial charge in [0, 0.05) is 31.1 Å². The maximum Gasteiger partial charge on any atom is 0.136 e. The zero-order chi connectivity index (χ0) is 14.2. The number of hydrogen-bond acceptors (Lipinski definition) is 5. The highest BCUT2D eigenvalue weighted by Gasteiger charge is 2.38. The largest absolute Gasteiger partial charge is 0.373 e. The van der Waals surface area contributed by atoms with Gasteiger partial charge in [0.2, 0.25) is 0 Å². The van der Waals surface area contributed by atoms with Crippen molar-refractivity contribution < 1.29 is 0 Å². The standard InChI is InChI=1S/C15H25N5/c1-16-12-9-13(19-14(18-12)11-5-6-11)17-10-15(20(2)3)7-4-8-15/h9,11H,4-8,10H2,1-3H3,(H2,16,17,18,19). The van der Waals surface area contributed by atoms with Crippen molar-refractivity contribution in [2.75, 3.05) is 38.3 Å². The molecule has 0 unspecified atom stereocenters. The van der Waals surface area contributed by atoms with E-state index in [0.717, 1.165) is 24.0 Å². The smallest absolute Gasteiger partial charge is 0.136 e. The topological polar surface area (TPSA) is 53.1 Å². The van der Waals surface area contributed by atoms with E-state index in [4.69, 9.17) is 0 Å². The van der Waals surface area contributed by atoms with Crippen LogP contribution in [-0.2, 0) is 0 Å². The number of anilines is 2. The molecule has 2 fully saturated rings. The minimum Gasteiger partial charge on any atom is -0.373 e. The Morgan fingerprint density at radius 3 is 2.45 bits per heavy atom. The minimum atomic E-state index is 0.310. The molecular formula is C15H25N5. The van der Waals surface area contributed by atoms with E-state index in [-0.39, 0.29) is 0 Å². The summed E-state index contributed by atoms with van der Waals surface area (Å²) in [6.07, 6.45) is 6.33. The molecule has 0 atom stereocenters. The molecule has 1 aromatic rings. The second-order valence-corrected chi connectivity index (χ2v) is 6.35. The Kier molecular flexibility index (Phi) is 3.54. The van der Waals surface area contributed by atoms with Crippen LogP contribution in [0.3, 0.4) is 0 Å². The van der Waals surface area contributed by atoms with Crippen LogP contribution in [-0.4, -0.2) is 48.1 Å². The molecule has 0 bridgehead atoms. The van der Waals surface area contributed by atoms with Gasteiger partial charge in [0.1, 0.15) is 17.5 Å². The highest BCUT2D eigenvalue weighted by Crippen LogP contribution is 2.39. The third-order valence-corrected chi connectivity index (χ3v) is 4.77. The van der Waals surface area contributed by atoms with Crippen LogP contribution in [0.25, 0.3) is 0 Å². The van der Waals surface area contributed by atoms with Crippen LogP contribution in [0.1, 0.15) is 43.8 Å². The van der Waals surface area contributed by atoms with Gasteiger partial charge in [-0.2, -0.15) is 0 Å². The molecule has 5 nitrogen and oxygen atoms in total. The fourth-order valence-electron chi connectivity index (χ4n) is 2.83. The van der Waals surface area contributed by atoms with Gasteiger partial charge in [-0.15, -0.1) is 0 Å². The van der Waals surface area contributed by atoms with Crippen molar-refractivity contribution in [3.05, 3.63) is 11.9 Å². The molecule has 0 amide bonds. The van der Waals surface area contributed by atoms with Crippen molar-refractivity contribution in [2.24, 2.45) is 0 Å². The summed E-state index contributed by atoms with van der Waals surface area (Å²) in [4.78, 5) is 11.6. The van der Waals surface area contributed by atoms with Crippen molar-refractivity contribution in [2.45, 2.75) is 43.6 Å². The lowest BCUT2D eigenvalue weighted by Gasteiger charge is -2.47. The van der Waals surface area contributed by atoms with Gasteiger partial charge < -0.3 is 15.5 Å². The Hall–Kier alpha value is -1.36. The Bertz CT molecular complexity index is 477. The van der Waals surface area contributed by atoms with Crippen LogP contribution in [0.2, 0.25) is 0 Å². The highest BCUT2D eigenvalue weighted by atomic mass is 15.2. The molecular weight excluding hydrogens is 250 g/mol. The zero-order valence-electron chi connectivity index (χ0n) is 12.7. The molecule has 20 heavy (non-hydrogen) atoms. The molecule has 3 rings (SSSR count). The molecule has 1 heterocycles. The number of likely N-dealkylation sites (N-methyl/N-ethyl adjacent to an activating group) is 1. The SMILES string of the molecule is CNc1cc(NCC2(N(C)C)CCC2)nc(C2CC2)n1. The monoisotopic (exact) mass is 275 g/mol. The van der Waals surface area contributed by atoms with Gasteiger partial charge in [-0.1, -0.05) is 0 Å². The van der Waals surface area contributed by atoms with E-state index < -0.39 is 0 Å². The number of rotatable bonds is 6. The third kappa shape index (κ3) is 2.59. The summed E-state index contributed by atoms with van der Waals surface area (Å²) >= 11 is 0. The second kappa shape index (κ2) is 5.20. The number of aromatic nitrogens is 2. The first-order valence-corrected chi connectivity index (χ1v) is 7.61. The molecule has 0 saturated heterocycles. The van der Waals surface area contributed by atoms with Crippen LogP contribution in [0, 0.1) is 0 Å². The van der Waals surface area contributed by atoms with Crippen LogP contribution in [0.4, 0.5) is 11.6 Å². The van der Waals surface area contributed by atoms with Gasteiger partial charge in [0.25, 0.3) is 0 Å². The Labute approximate surface area is 121 Å². The number of nitrogens with zero attached hydrogens (tertiary/aromatic N) is 3. The van der Waals surface area contributed by atoms with E-state index in [1.807, 2.05) is 13.1 Å². The maximum atomic E-state index is 4.68. The van der Waals surface area contributed by atoms with E-state index in [9.17, 15) is 0 Å². The molecule has 1 aromatic heterocycles. The fraction of sp³-hybridized carbons (Fsp3) is 0.733. The molecule has 2 saturated carbocycles. The van der Waals surface area contributed by atoms with Gasteiger partial charge in [-0.05, 0) is 46.2 Å². The van der Waals surface area contributed by atoms with E-state index in [1.165, 1.54) is 32.1 Å². The van der Waals surface area contributed by atoms with Crippen LogP contribution < -0.4 is 10.6 Å². The Morgan fingerprint density at radius 2 is 1.95 bits per heavy atom. The van der Waals surface area contributed by atoms with E-state index in [1.54, 1.807) is 0 Å². The lowest BCUT2D eigenvalue weighted by atomic mass is 9.75. The van der Waals surface area contributed by atoms with Crippen molar-refractivity contribution in [3.8, 4) is 0 Å². The van der Waals surface area contributed by atoms with E-state index in [2.05, 4.69) is 39.6 Å². The predicted molar refractivity (Wildman–Crippen MR) is 82.3 cm³/mol. The maximum absolute atomic E-state index is 4.68. The first kappa shape index (κ1) is 13.6. The first-order chi connectivity index (χ1) is 9.63. The summed E-state index contributed by atoms with van der Waals surface area (Å²) < 4.78 is 0. The van der Waals surface area contributed by atoms with Gasteiger partial charge in [-0.25, -0.2) is 9.97 Å². The molecule has 5 heteroatoms. The van der Waals surface area contributed by atoms with Crippen molar-refractivity contribution in [1.82, 2.24) is 14.9 Å². The molecule has 0 radical (unpaired) electrons. The Balaban J connectivity index is 1.71. The van der Waals surface area contributed by atoms with Gasteiger partial charge in [-0.3, -0.25) is 0 Å². The summed E-state index contributed by atoms with van der Waals surface area (Å²) in [5, 5.41) is 6.67. The first-order valence-electron chi connectivity index (χ1n) is 7.61. The zero-order valence-corrected chi connectivity index (χ0v) is 12.7. The number of nitrogens with one attached hydrogen (secondary N) is 2. The molecule has 110 valence electrons. The predicted octanol–water partition coefficient (Wildman–Crippen LogP) is 2.29. The molecule has 2 aliphatic rings. The van der Waals surface area contributed by atoms with Gasteiger partial charge in [0.15, 0.2) is 0 Å². The van der Waals surface area contributed by atoms with Crippen LogP contribution in [0.15, 0.2) is 6.07 Å². The summed E-state index contributed by atoms with van der Waals surface area (Å²) in [7, 11) is 6.26. The normalized spacial score (nSPS) is 20.6. The van der Waals surface area contributed by atoms with Crippen molar-refractivity contribution >= 4 is 11.6 Å². The number of hydrogen-bond donors (Lipinski definition) is 2. The third-order valence-electron chi connectivity index (χ3n) is 4.77. The summed E-state index contributed by atoms with van der Waals surface area (Å²) in [5.41, 5.74) is 0.310. The van der Waals surface area contributed by atoms with Gasteiger partial charge >= 0.3 is 0 Å². The lowest BCUT2D eigenvalue weighted by Crippen LogP contribution is -2.54. The summed E-state index contributed by atoms with van der Waals surface area (Å²) in [5.74, 6) is 3.44. The van der Waals surface area contributed by atoms with Crippen LogP contribution >= 0.6 is 0 Å². The minimum absolute atomic E-state index is 0.310. The molecule has 0 spiro atoms. The fourth-order valence-corrected chi connectivity index (χ4v) is 2.83. The average Bonchev–Trinajstić information content (AvgIpc) is 3.21. The molecule has 2 aliphatic carbocycles. The lowest BCUT2D eigenvalue weighted by molar-refractivity contribution is 0.0738. The van der Waals surface area contributed by atoms with Gasteiger partial charge in [0.05, 0.1) is 0 Å². The van der Waals surface area contributed by atoms with E-state index >= 15 is 0 Å². The second-order valence-electron chi connectivity index (χ2n) is 6.35. The quantitative estimate of drug-likeness (QED) is 0.834. The molecule has 2 N–H and O–H groups in total. The molecule has 0 aromatic carbocycles. The summed E-state index contributed by atoms with van der Waals surface area (Å²) in [6.45, 7) is 0.963. The highest BCUT2D eigenvalue weighted by molar-refractivity contribution is 5.48.